The second-order valence-electron chi connectivity index (χ2n) is 2.92. The minimum absolute atomic E-state index is 0.299. The Morgan fingerprint density at radius 1 is 1.36 bits per heavy atom. The van der Waals surface area contributed by atoms with Crippen LogP contribution in [0.5, 0.6) is 5.75 Å². The highest BCUT2D eigenvalue weighted by Crippen LogP contribution is 2.32. The molecular formula is C9H8N2O3. The van der Waals surface area contributed by atoms with Gasteiger partial charge in [-0.25, -0.2) is 0 Å². The summed E-state index contributed by atoms with van der Waals surface area (Å²) in [6.45, 7) is 0. The summed E-state index contributed by atoms with van der Waals surface area (Å²) < 4.78 is 4.95. The van der Waals surface area contributed by atoms with E-state index >= 15 is 0 Å². The number of hydrogen-bond acceptors (Lipinski definition) is 4. The first-order chi connectivity index (χ1) is 6.63. The standard InChI is InChI=1S/C9H8N2O3/c1-14-7-3-6-4(2-5(7)10)8(12)9(13)11-6/h2-3H,10H2,1H3,(H,11,12,13). The number of anilines is 2. The SMILES string of the molecule is COc1cc2c(cc1N)C(=O)C(=O)N2. The van der Waals surface area contributed by atoms with Crippen LogP contribution in [0, 0.1) is 0 Å². The second-order valence-corrected chi connectivity index (χ2v) is 2.92. The van der Waals surface area contributed by atoms with Gasteiger partial charge in [-0.05, 0) is 6.07 Å². The average molecular weight is 192 g/mol. The summed E-state index contributed by atoms with van der Waals surface area (Å²) >= 11 is 0. The maximum Gasteiger partial charge on any atom is 0.296 e. The number of carbonyl (C=O) groups excluding carboxylic acids is 2. The number of nitrogen functional groups attached to an aromatic ring is 1. The van der Waals surface area contributed by atoms with E-state index in [0.717, 1.165) is 0 Å². The molecular weight excluding hydrogens is 184 g/mol. The molecule has 0 saturated heterocycles. The molecule has 2 rings (SSSR count). The molecule has 14 heavy (non-hydrogen) atoms. The molecule has 3 N–H and O–H groups in total. The Kier molecular flexibility index (Phi) is 1.67. The van der Waals surface area contributed by atoms with Crippen molar-refractivity contribution in [2.45, 2.75) is 0 Å². The van der Waals surface area contributed by atoms with E-state index in [1.54, 1.807) is 0 Å². The molecule has 0 bridgehead atoms. The monoisotopic (exact) mass is 192 g/mol. The van der Waals surface area contributed by atoms with Crippen LogP contribution in [0.15, 0.2) is 12.1 Å². The highest BCUT2D eigenvalue weighted by Gasteiger charge is 2.28. The van der Waals surface area contributed by atoms with Gasteiger partial charge in [0.25, 0.3) is 11.7 Å². The Balaban J connectivity index is 2.60. The third kappa shape index (κ3) is 1.02. The molecule has 0 atom stereocenters. The smallest absolute Gasteiger partial charge is 0.296 e. The van der Waals surface area contributed by atoms with Gasteiger partial charge in [-0.2, -0.15) is 0 Å². The van der Waals surface area contributed by atoms with Crippen molar-refractivity contribution in [3.63, 3.8) is 0 Å². The fourth-order valence-electron chi connectivity index (χ4n) is 1.37. The van der Waals surface area contributed by atoms with Crippen LogP contribution >= 0.6 is 0 Å². The van der Waals surface area contributed by atoms with E-state index in [4.69, 9.17) is 10.5 Å². The Labute approximate surface area is 79.8 Å². The molecule has 1 aliphatic heterocycles. The maximum atomic E-state index is 11.2. The van der Waals surface area contributed by atoms with Crippen molar-refractivity contribution in [1.82, 2.24) is 0 Å². The van der Waals surface area contributed by atoms with Gasteiger partial charge in [-0.15, -0.1) is 0 Å². The van der Waals surface area contributed by atoms with Crippen molar-refractivity contribution >= 4 is 23.1 Å². The van der Waals surface area contributed by atoms with Gasteiger partial charge in [0.15, 0.2) is 0 Å². The molecule has 1 aromatic rings. The first-order valence-corrected chi connectivity index (χ1v) is 3.96. The van der Waals surface area contributed by atoms with Crippen molar-refractivity contribution in [3.05, 3.63) is 17.7 Å². The Bertz CT molecular complexity index is 440. The lowest BCUT2D eigenvalue weighted by Crippen LogP contribution is -2.12. The summed E-state index contributed by atoms with van der Waals surface area (Å²) in [5.41, 5.74) is 6.69. The molecule has 0 aliphatic carbocycles. The molecule has 1 amide bonds. The lowest BCUT2D eigenvalue weighted by Gasteiger charge is -2.05. The quantitative estimate of drug-likeness (QED) is 0.498. The molecule has 0 saturated carbocycles. The molecule has 0 aromatic heterocycles. The highest BCUT2D eigenvalue weighted by molar-refractivity contribution is 6.51. The number of ketones is 1. The molecule has 5 nitrogen and oxygen atoms in total. The van der Waals surface area contributed by atoms with Crippen LogP contribution in [0.25, 0.3) is 0 Å². The van der Waals surface area contributed by atoms with Gasteiger partial charge in [0.05, 0.1) is 24.0 Å². The van der Waals surface area contributed by atoms with Crippen LogP contribution in [-0.4, -0.2) is 18.8 Å². The van der Waals surface area contributed by atoms with Gasteiger partial charge >= 0.3 is 0 Å². The number of carbonyl (C=O) groups is 2. The van der Waals surface area contributed by atoms with Gasteiger partial charge < -0.3 is 15.8 Å². The minimum atomic E-state index is -0.632. The number of benzene rings is 1. The van der Waals surface area contributed by atoms with E-state index < -0.39 is 11.7 Å². The zero-order chi connectivity index (χ0) is 10.3. The number of amides is 1. The number of ether oxygens (including phenoxy) is 1. The fourth-order valence-corrected chi connectivity index (χ4v) is 1.37. The van der Waals surface area contributed by atoms with Crippen LogP contribution in [0.2, 0.25) is 0 Å². The predicted octanol–water partition coefficient (Wildman–Crippen LogP) is 0.412. The van der Waals surface area contributed by atoms with Crippen molar-refractivity contribution in [1.29, 1.82) is 0 Å². The summed E-state index contributed by atoms with van der Waals surface area (Å²) in [7, 11) is 1.47. The molecule has 1 heterocycles. The van der Waals surface area contributed by atoms with Crippen molar-refractivity contribution in [3.8, 4) is 5.75 Å². The summed E-state index contributed by atoms with van der Waals surface area (Å²) in [6, 6.07) is 2.97. The molecule has 5 heteroatoms. The van der Waals surface area contributed by atoms with E-state index in [1.165, 1.54) is 19.2 Å². The molecule has 0 unspecified atom stereocenters. The van der Waals surface area contributed by atoms with E-state index in [2.05, 4.69) is 5.32 Å². The van der Waals surface area contributed by atoms with E-state index in [0.29, 0.717) is 22.7 Å². The average Bonchev–Trinajstić information content (AvgIpc) is 2.43. The van der Waals surface area contributed by atoms with Crippen LogP contribution in [0.4, 0.5) is 11.4 Å². The number of fused-ring (bicyclic) bond motifs is 1. The Hall–Kier alpha value is -2.04. The highest BCUT2D eigenvalue weighted by atomic mass is 16.5. The summed E-state index contributed by atoms with van der Waals surface area (Å²) in [4.78, 5) is 22.2. The Morgan fingerprint density at radius 2 is 2.07 bits per heavy atom. The van der Waals surface area contributed by atoms with Gasteiger partial charge in [0, 0.05) is 6.07 Å². The zero-order valence-corrected chi connectivity index (χ0v) is 7.46. The van der Waals surface area contributed by atoms with Crippen molar-refractivity contribution in [2.75, 3.05) is 18.2 Å². The second kappa shape index (κ2) is 2.73. The lowest BCUT2D eigenvalue weighted by molar-refractivity contribution is -0.112. The molecule has 0 spiro atoms. The van der Waals surface area contributed by atoms with Crippen LogP contribution in [0.1, 0.15) is 10.4 Å². The topological polar surface area (TPSA) is 81.4 Å². The normalized spacial score (nSPS) is 13.8. The van der Waals surface area contributed by atoms with Crippen LogP contribution in [0.3, 0.4) is 0 Å². The fraction of sp³-hybridized carbons (Fsp3) is 0.111. The van der Waals surface area contributed by atoms with Gasteiger partial charge in [-0.3, -0.25) is 9.59 Å². The van der Waals surface area contributed by atoms with E-state index in [1.807, 2.05) is 0 Å². The number of hydrogen-bond donors (Lipinski definition) is 2. The molecule has 0 fully saturated rings. The summed E-state index contributed by atoms with van der Waals surface area (Å²) in [6.07, 6.45) is 0. The number of methoxy groups -OCH3 is 1. The van der Waals surface area contributed by atoms with Crippen LogP contribution in [-0.2, 0) is 4.79 Å². The molecule has 0 radical (unpaired) electrons. The number of nitrogens with one attached hydrogen (secondary N) is 1. The molecule has 1 aliphatic rings. The zero-order valence-electron chi connectivity index (χ0n) is 7.46. The predicted molar refractivity (Wildman–Crippen MR) is 50.4 cm³/mol. The Morgan fingerprint density at radius 3 is 2.71 bits per heavy atom. The first kappa shape index (κ1) is 8.55. The van der Waals surface area contributed by atoms with Crippen LogP contribution < -0.4 is 15.8 Å². The third-order valence-corrected chi connectivity index (χ3v) is 2.07. The maximum absolute atomic E-state index is 11.2. The van der Waals surface area contributed by atoms with Gasteiger partial charge in [0.2, 0.25) is 0 Å². The van der Waals surface area contributed by atoms with E-state index in [9.17, 15) is 9.59 Å². The van der Waals surface area contributed by atoms with Gasteiger partial charge in [-0.1, -0.05) is 0 Å². The third-order valence-electron chi connectivity index (χ3n) is 2.07. The minimum Gasteiger partial charge on any atom is -0.495 e. The number of nitrogens with two attached hydrogens (primary N) is 1. The molecule has 72 valence electrons. The molecule has 1 aromatic carbocycles. The van der Waals surface area contributed by atoms with Gasteiger partial charge in [0.1, 0.15) is 5.75 Å². The largest absolute Gasteiger partial charge is 0.495 e. The lowest BCUT2D eigenvalue weighted by atomic mass is 10.1. The first-order valence-electron chi connectivity index (χ1n) is 3.96. The summed E-state index contributed by atoms with van der Waals surface area (Å²) in [5.74, 6) is -0.749. The summed E-state index contributed by atoms with van der Waals surface area (Å²) in [5, 5.41) is 2.43. The number of rotatable bonds is 1. The van der Waals surface area contributed by atoms with Crippen molar-refractivity contribution in [2.24, 2.45) is 0 Å². The van der Waals surface area contributed by atoms with Crippen molar-refractivity contribution < 1.29 is 14.3 Å². The van der Waals surface area contributed by atoms with E-state index in [-0.39, 0.29) is 0 Å². The number of Topliss-reactive ketones (excluding diaryl/α,β-unsaturated/α-hetero) is 1.